The van der Waals surface area contributed by atoms with Crippen molar-refractivity contribution in [1.82, 2.24) is 20.1 Å². The number of nitrogens with zero attached hydrogens (tertiary/aromatic N) is 4. The predicted molar refractivity (Wildman–Crippen MR) is 89.4 cm³/mol. The Kier molecular flexibility index (Phi) is 3.53. The summed E-state index contributed by atoms with van der Waals surface area (Å²) >= 11 is 1.55. The van der Waals surface area contributed by atoms with Gasteiger partial charge in [-0.15, -0.1) is 16.4 Å². The zero-order valence-electron chi connectivity index (χ0n) is 13.0. The van der Waals surface area contributed by atoms with Crippen molar-refractivity contribution in [2.75, 3.05) is 12.3 Å². The van der Waals surface area contributed by atoms with Gasteiger partial charge in [0.2, 0.25) is 0 Å². The lowest BCUT2D eigenvalue weighted by Crippen LogP contribution is -2.36. The van der Waals surface area contributed by atoms with Crippen LogP contribution in [0.25, 0.3) is 11.5 Å². The van der Waals surface area contributed by atoms with E-state index in [4.69, 9.17) is 10.2 Å². The van der Waals surface area contributed by atoms with Crippen LogP contribution in [0.3, 0.4) is 0 Å². The highest BCUT2D eigenvalue weighted by atomic mass is 32.1. The van der Waals surface area contributed by atoms with Crippen molar-refractivity contribution in [2.24, 2.45) is 0 Å². The number of carbonyl (C=O) groups excluding carboxylic acids is 1. The first-order valence-corrected chi connectivity index (χ1v) is 8.39. The molecule has 7 nitrogen and oxygen atoms in total. The minimum atomic E-state index is -0.0713. The zero-order chi connectivity index (χ0) is 16.7. The van der Waals surface area contributed by atoms with Gasteiger partial charge in [-0.2, -0.15) is 5.10 Å². The van der Waals surface area contributed by atoms with E-state index in [1.165, 1.54) is 6.26 Å². The Morgan fingerprint density at radius 2 is 2.25 bits per heavy atom. The van der Waals surface area contributed by atoms with Crippen LogP contribution in [0.5, 0.6) is 0 Å². The van der Waals surface area contributed by atoms with Crippen molar-refractivity contribution in [2.45, 2.75) is 19.9 Å². The summed E-state index contributed by atoms with van der Waals surface area (Å²) in [6.45, 7) is 3.01. The third-order valence-corrected chi connectivity index (χ3v) is 4.74. The second-order valence-corrected chi connectivity index (χ2v) is 6.73. The van der Waals surface area contributed by atoms with Gasteiger partial charge in [0.05, 0.1) is 16.3 Å². The molecular weight excluding hydrogens is 326 g/mol. The standard InChI is InChI=1S/C16H15N5O2S/c1-9-18-13(8-24-9)14-4-11(7-23-14)16(22)21-3-2-12-10(6-21)5-15(17)20-19-12/h4-5,7-8H,2-3,6H2,1H3,(H2,17,20). The molecule has 0 unspecified atom stereocenters. The minimum Gasteiger partial charge on any atom is -0.462 e. The van der Waals surface area contributed by atoms with E-state index in [0.717, 1.165) is 22.0 Å². The topological polar surface area (TPSA) is 98.1 Å². The molecule has 0 atom stereocenters. The third-order valence-electron chi connectivity index (χ3n) is 3.96. The number of hydrogen-bond donors (Lipinski definition) is 1. The molecule has 4 heterocycles. The SMILES string of the molecule is Cc1nc(-c2cc(C(=O)N3CCc4nnc(N)cc4C3)co2)cs1. The maximum atomic E-state index is 12.7. The van der Waals surface area contributed by atoms with E-state index < -0.39 is 0 Å². The lowest BCUT2D eigenvalue weighted by Gasteiger charge is -2.27. The van der Waals surface area contributed by atoms with Crippen molar-refractivity contribution in [3.63, 3.8) is 0 Å². The Labute approximate surface area is 142 Å². The molecule has 0 fully saturated rings. The minimum absolute atomic E-state index is 0.0713. The van der Waals surface area contributed by atoms with Gasteiger partial charge in [-0.3, -0.25) is 4.79 Å². The molecule has 1 aliphatic rings. The molecule has 4 rings (SSSR count). The Morgan fingerprint density at radius 3 is 3.04 bits per heavy atom. The Morgan fingerprint density at radius 1 is 1.38 bits per heavy atom. The van der Waals surface area contributed by atoms with E-state index >= 15 is 0 Å². The van der Waals surface area contributed by atoms with E-state index in [1.807, 2.05) is 12.3 Å². The molecule has 3 aromatic heterocycles. The van der Waals surface area contributed by atoms with Gasteiger partial charge < -0.3 is 15.1 Å². The number of amides is 1. The number of nitrogen functional groups attached to an aromatic ring is 1. The fraction of sp³-hybridized carbons (Fsp3) is 0.250. The van der Waals surface area contributed by atoms with Crippen LogP contribution in [0, 0.1) is 6.92 Å². The van der Waals surface area contributed by atoms with Crippen LogP contribution in [0.1, 0.15) is 26.6 Å². The highest BCUT2D eigenvalue weighted by Gasteiger charge is 2.24. The number of carbonyl (C=O) groups is 1. The van der Waals surface area contributed by atoms with Gasteiger partial charge >= 0.3 is 0 Å². The number of thiazole rings is 1. The van der Waals surface area contributed by atoms with Crippen molar-refractivity contribution in [3.05, 3.63) is 45.6 Å². The average Bonchev–Trinajstić information content (AvgIpc) is 3.22. The molecular formula is C16H15N5O2S. The van der Waals surface area contributed by atoms with E-state index in [0.29, 0.717) is 36.7 Å². The van der Waals surface area contributed by atoms with Crippen molar-refractivity contribution in [3.8, 4) is 11.5 Å². The molecule has 3 aromatic rings. The van der Waals surface area contributed by atoms with Crippen molar-refractivity contribution < 1.29 is 9.21 Å². The molecule has 0 saturated carbocycles. The molecule has 0 bridgehead atoms. The van der Waals surface area contributed by atoms with Crippen molar-refractivity contribution in [1.29, 1.82) is 0 Å². The molecule has 2 N–H and O–H groups in total. The first-order chi connectivity index (χ1) is 11.6. The zero-order valence-corrected chi connectivity index (χ0v) is 13.8. The number of fused-ring (bicyclic) bond motifs is 1. The smallest absolute Gasteiger partial charge is 0.257 e. The van der Waals surface area contributed by atoms with E-state index in [2.05, 4.69) is 15.2 Å². The fourth-order valence-corrected chi connectivity index (χ4v) is 3.36. The lowest BCUT2D eigenvalue weighted by molar-refractivity contribution is 0.0732. The highest BCUT2D eigenvalue weighted by Crippen LogP contribution is 2.26. The summed E-state index contributed by atoms with van der Waals surface area (Å²) in [5.74, 6) is 0.903. The predicted octanol–water partition coefficient (Wildman–Crippen LogP) is 2.28. The molecule has 24 heavy (non-hydrogen) atoms. The fourth-order valence-electron chi connectivity index (χ4n) is 2.76. The van der Waals surface area contributed by atoms with Crippen LogP contribution in [0.2, 0.25) is 0 Å². The summed E-state index contributed by atoms with van der Waals surface area (Å²) in [5, 5.41) is 10.8. The van der Waals surface area contributed by atoms with E-state index in [9.17, 15) is 4.79 Å². The van der Waals surface area contributed by atoms with Crippen LogP contribution < -0.4 is 5.73 Å². The summed E-state index contributed by atoms with van der Waals surface area (Å²) in [7, 11) is 0. The number of furan rings is 1. The number of anilines is 1. The molecule has 1 amide bonds. The van der Waals surface area contributed by atoms with Crippen LogP contribution in [-0.4, -0.2) is 32.5 Å². The van der Waals surface area contributed by atoms with Crippen LogP contribution >= 0.6 is 11.3 Å². The molecule has 0 saturated heterocycles. The Hall–Kier alpha value is -2.74. The first-order valence-electron chi connectivity index (χ1n) is 7.51. The number of nitrogens with two attached hydrogens (primary N) is 1. The number of hydrogen-bond acceptors (Lipinski definition) is 7. The average molecular weight is 341 g/mol. The van der Waals surface area contributed by atoms with Gasteiger partial charge in [0.25, 0.3) is 5.91 Å². The van der Waals surface area contributed by atoms with E-state index in [-0.39, 0.29) is 5.91 Å². The third kappa shape index (κ3) is 2.65. The molecule has 0 spiro atoms. The van der Waals surface area contributed by atoms with Crippen LogP contribution in [0.4, 0.5) is 5.82 Å². The summed E-state index contributed by atoms with van der Waals surface area (Å²) in [6, 6.07) is 3.52. The van der Waals surface area contributed by atoms with Crippen LogP contribution in [0.15, 0.2) is 28.2 Å². The van der Waals surface area contributed by atoms with Gasteiger partial charge in [-0.25, -0.2) is 4.98 Å². The Bertz CT molecular complexity index is 917. The number of aromatic nitrogens is 3. The first kappa shape index (κ1) is 14.8. The lowest BCUT2D eigenvalue weighted by atomic mass is 10.1. The second kappa shape index (κ2) is 5.72. The largest absolute Gasteiger partial charge is 0.462 e. The molecule has 8 heteroatoms. The van der Waals surface area contributed by atoms with E-state index in [1.54, 1.807) is 28.4 Å². The summed E-state index contributed by atoms with van der Waals surface area (Å²) in [5.41, 5.74) is 8.81. The van der Waals surface area contributed by atoms with Gasteiger partial charge in [-0.05, 0) is 24.6 Å². The Balaban J connectivity index is 1.55. The molecule has 0 aromatic carbocycles. The maximum Gasteiger partial charge on any atom is 0.257 e. The summed E-state index contributed by atoms with van der Waals surface area (Å²) in [4.78, 5) is 18.9. The summed E-state index contributed by atoms with van der Waals surface area (Å²) < 4.78 is 5.52. The molecule has 0 radical (unpaired) electrons. The highest BCUT2D eigenvalue weighted by molar-refractivity contribution is 7.09. The van der Waals surface area contributed by atoms with Crippen molar-refractivity contribution >= 4 is 23.1 Å². The summed E-state index contributed by atoms with van der Waals surface area (Å²) in [6.07, 6.45) is 2.16. The molecule has 122 valence electrons. The van der Waals surface area contributed by atoms with Gasteiger partial charge in [0, 0.05) is 24.9 Å². The van der Waals surface area contributed by atoms with Gasteiger partial charge in [0.15, 0.2) is 5.76 Å². The van der Waals surface area contributed by atoms with Crippen LogP contribution in [-0.2, 0) is 13.0 Å². The second-order valence-electron chi connectivity index (χ2n) is 5.67. The monoisotopic (exact) mass is 341 g/mol. The number of aryl methyl sites for hydroxylation is 1. The normalized spacial score (nSPS) is 13.8. The maximum absolute atomic E-state index is 12.7. The quantitative estimate of drug-likeness (QED) is 0.768. The molecule has 0 aliphatic carbocycles. The van der Waals surface area contributed by atoms with Gasteiger partial charge in [-0.1, -0.05) is 0 Å². The van der Waals surface area contributed by atoms with Gasteiger partial charge in [0.1, 0.15) is 17.8 Å². The number of rotatable bonds is 2. The molecule has 1 aliphatic heterocycles.